The van der Waals surface area contributed by atoms with Gasteiger partial charge in [-0.15, -0.1) is 15.3 Å². The van der Waals surface area contributed by atoms with Crippen LogP contribution in [-0.4, -0.2) is 31.3 Å². The maximum absolute atomic E-state index is 11.7. The molecule has 0 aliphatic heterocycles. The van der Waals surface area contributed by atoms with Crippen molar-refractivity contribution in [1.82, 2.24) is 25.4 Å². The average Bonchev–Trinajstić information content (AvgIpc) is 2.70. The molecule has 1 amide bonds. The first-order chi connectivity index (χ1) is 8.06. The van der Waals surface area contributed by atoms with E-state index < -0.39 is 5.91 Å². The van der Waals surface area contributed by atoms with E-state index in [1.807, 2.05) is 0 Å². The van der Waals surface area contributed by atoms with Gasteiger partial charge in [-0.05, 0) is 13.8 Å². The summed E-state index contributed by atoms with van der Waals surface area (Å²) in [6, 6.07) is 0. The molecule has 17 heavy (non-hydrogen) atoms. The minimum atomic E-state index is -0.454. The molecule has 2 heterocycles. The lowest BCUT2D eigenvalue weighted by Crippen LogP contribution is -2.15. The fraction of sp³-hybridized carbons (Fsp3) is 0.250. The van der Waals surface area contributed by atoms with Gasteiger partial charge in [-0.25, -0.2) is 4.98 Å². The van der Waals surface area contributed by atoms with Gasteiger partial charge in [-0.2, -0.15) is 5.10 Å². The van der Waals surface area contributed by atoms with E-state index >= 15 is 0 Å². The van der Waals surface area contributed by atoms with Gasteiger partial charge in [0.15, 0.2) is 0 Å². The van der Waals surface area contributed by atoms with Gasteiger partial charge in [0.2, 0.25) is 16.1 Å². The number of nitrogen functional groups attached to an aromatic ring is 1. The molecular weight excluding hydrogens is 242 g/mol. The molecule has 2 aromatic rings. The van der Waals surface area contributed by atoms with E-state index in [-0.39, 0.29) is 16.1 Å². The third-order valence-electron chi connectivity index (χ3n) is 1.95. The lowest BCUT2D eigenvalue weighted by molar-refractivity contribution is 0.102. The summed E-state index contributed by atoms with van der Waals surface area (Å²) in [6.07, 6.45) is 0. The lowest BCUT2D eigenvalue weighted by Gasteiger charge is -2.01. The summed E-state index contributed by atoms with van der Waals surface area (Å²) in [5.74, 6) is -0.323. The third kappa shape index (κ3) is 2.50. The lowest BCUT2D eigenvalue weighted by atomic mass is 10.4. The number of nitrogens with one attached hydrogen (secondary N) is 1. The van der Waals surface area contributed by atoms with E-state index in [1.54, 1.807) is 13.8 Å². The number of carbonyl (C=O) groups is 1. The predicted molar refractivity (Wildman–Crippen MR) is 61.6 cm³/mol. The summed E-state index contributed by atoms with van der Waals surface area (Å²) in [6.45, 7) is 3.56. The van der Waals surface area contributed by atoms with E-state index in [9.17, 15) is 4.79 Å². The van der Waals surface area contributed by atoms with E-state index in [0.29, 0.717) is 11.4 Å². The van der Waals surface area contributed by atoms with E-state index in [0.717, 1.165) is 11.3 Å². The van der Waals surface area contributed by atoms with Crippen molar-refractivity contribution < 1.29 is 4.79 Å². The van der Waals surface area contributed by atoms with Gasteiger partial charge in [0, 0.05) is 0 Å². The standard InChI is InChI=1S/C8H9N7OS/c1-3-4(2)12-15-8(10-3)11-5(16)6-13-14-7(9)17-6/h1-2H3,(H2,9,14)(H,10,11,15,16). The van der Waals surface area contributed by atoms with Crippen LogP contribution in [0.25, 0.3) is 0 Å². The molecule has 0 unspecified atom stereocenters. The summed E-state index contributed by atoms with van der Waals surface area (Å²) in [5.41, 5.74) is 6.79. The zero-order valence-corrected chi connectivity index (χ0v) is 9.95. The molecule has 88 valence electrons. The van der Waals surface area contributed by atoms with Crippen LogP contribution in [-0.2, 0) is 0 Å². The highest BCUT2D eigenvalue weighted by atomic mass is 32.1. The first-order valence-corrected chi connectivity index (χ1v) is 5.46. The van der Waals surface area contributed by atoms with Crippen molar-refractivity contribution in [3.05, 3.63) is 16.4 Å². The number of carbonyl (C=O) groups excluding carboxylic acids is 1. The molecule has 0 atom stereocenters. The van der Waals surface area contributed by atoms with Crippen molar-refractivity contribution in [1.29, 1.82) is 0 Å². The highest BCUT2D eigenvalue weighted by Crippen LogP contribution is 2.12. The molecule has 0 aliphatic carbocycles. The van der Waals surface area contributed by atoms with Gasteiger partial charge in [-0.3, -0.25) is 10.1 Å². The molecule has 0 bridgehead atoms. The molecule has 9 heteroatoms. The predicted octanol–water partition coefficient (Wildman–Crippen LogP) is 0.174. The summed E-state index contributed by atoms with van der Waals surface area (Å²) in [7, 11) is 0. The molecule has 3 N–H and O–H groups in total. The fourth-order valence-electron chi connectivity index (χ4n) is 0.991. The van der Waals surface area contributed by atoms with Crippen LogP contribution >= 0.6 is 11.3 Å². The van der Waals surface area contributed by atoms with Gasteiger partial charge in [-0.1, -0.05) is 11.3 Å². The maximum Gasteiger partial charge on any atom is 0.289 e. The SMILES string of the molecule is Cc1nnc(NC(=O)c2nnc(N)s2)nc1C. The number of hydrogen-bond acceptors (Lipinski definition) is 8. The van der Waals surface area contributed by atoms with Crippen molar-refractivity contribution in [2.24, 2.45) is 0 Å². The first-order valence-electron chi connectivity index (χ1n) is 4.64. The van der Waals surface area contributed by atoms with E-state index in [2.05, 4.69) is 30.7 Å². The maximum atomic E-state index is 11.7. The Balaban J connectivity index is 2.15. The van der Waals surface area contributed by atoms with Crippen molar-refractivity contribution in [2.45, 2.75) is 13.8 Å². The quantitative estimate of drug-likeness (QED) is 0.780. The Kier molecular flexibility index (Phi) is 2.91. The Morgan fingerprint density at radius 3 is 2.53 bits per heavy atom. The van der Waals surface area contributed by atoms with Crippen molar-refractivity contribution in [2.75, 3.05) is 11.1 Å². The Labute approximate surface area is 100 Å². The largest absolute Gasteiger partial charge is 0.374 e. The second-order valence-electron chi connectivity index (χ2n) is 3.21. The normalized spacial score (nSPS) is 10.2. The van der Waals surface area contributed by atoms with E-state index in [1.165, 1.54) is 0 Å². The molecule has 2 aromatic heterocycles. The Morgan fingerprint density at radius 2 is 1.94 bits per heavy atom. The molecule has 8 nitrogen and oxygen atoms in total. The molecule has 0 spiro atoms. The second kappa shape index (κ2) is 4.37. The summed E-state index contributed by atoms with van der Waals surface area (Å²) in [5, 5.41) is 17.6. The summed E-state index contributed by atoms with van der Waals surface area (Å²) in [4.78, 5) is 15.7. The number of aromatic nitrogens is 5. The molecule has 2 rings (SSSR count). The Morgan fingerprint density at radius 1 is 1.18 bits per heavy atom. The zero-order valence-electron chi connectivity index (χ0n) is 9.13. The number of nitrogens with zero attached hydrogens (tertiary/aromatic N) is 5. The molecule has 0 aromatic carbocycles. The van der Waals surface area contributed by atoms with Crippen molar-refractivity contribution >= 4 is 28.3 Å². The van der Waals surface area contributed by atoms with E-state index in [4.69, 9.17) is 5.73 Å². The van der Waals surface area contributed by atoms with Crippen LogP contribution < -0.4 is 11.1 Å². The van der Waals surface area contributed by atoms with Gasteiger partial charge >= 0.3 is 0 Å². The first kappa shape index (κ1) is 11.3. The van der Waals surface area contributed by atoms with Gasteiger partial charge in [0.1, 0.15) is 0 Å². The fourth-order valence-corrected chi connectivity index (χ4v) is 1.50. The Bertz CT molecular complexity index is 567. The van der Waals surface area contributed by atoms with Gasteiger partial charge in [0.05, 0.1) is 11.4 Å². The van der Waals surface area contributed by atoms with Crippen molar-refractivity contribution in [3.8, 4) is 0 Å². The van der Waals surface area contributed by atoms with Gasteiger partial charge in [0.25, 0.3) is 5.91 Å². The zero-order chi connectivity index (χ0) is 12.4. The minimum Gasteiger partial charge on any atom is -0.374 e. The van der Waals surface area contributed by atoms with Crippen LogP contribution in [0.2, 0.25) is 0 Å². The molecule has 0 saturated heterocycles. The summed E-state index contributed by atoms with van der Waals surface area (Å²) < 4.78 is 0. The van der Waals surface area contributed by atoms with Crippen LogP contribution in [0.1, 0.15) is 21.2 Å². The minimum absolute atomic E-state index is 0.131. The third-order valence-corrected chi connectivity index (χ3v) is 2.70. The monoisotopic (exact) mass is 251 g/mol. The smallest absolute Gasteiger partial charge is 0.289 e. The average molecular weight is 251 g/mol. The van der Waals surface area contributed by atoms with Crippen LogP contribution in [0.4, 0.5) is 11.1 Å². The van der Waals surface area contributed by atoms with Crippen LogP contribution in [0.3, 0.4) is 0 Å². The van der Waals surface area contributed by atoms with Gasteiger partial charge < -0.3 is 5.73 Å². The number of aryl methyl sites for hydroxylation is 2. The van der Waals surface area contributed by atoms with Crippen LogP contribution in [0.15, 0.2) is 0 Å². The number of amides is 1. The number of hydrogen-bond donors (Lipinski definition) is 2. The highest BCUT2D eigenvalue weighted by Gasteiger charge is 2.13. The molecule has 0 saturated carbocycles. The Hall–Kier alpha value is -2.16. The number of rotatable bonds is 2. The molecule has 0 radical (unpaired) electrons. The number of anilines is 2. The van der Waals surface area contributed by atoms with Crippen LogP contribution in [0, 0.1) is 13.8 Å². The molecular formula is C8H9N7OS. The summed E-state index contributed by atoms with van der Waals surface area (Å²) >= 11 is 0.990. The van der Waals surface area contributed by atoms with Crippen LogP contribution in [0.5, 0.6) is 0 Å². The van der Waals surface area contributed by atoms with Crippen molar-refractivity contribution in [3.63, 3.8) is 0 Å². The topological polar surface area (TPSA) is 120 Å². The number of nitrogens with two attached hydrogens (primary N) is 1. The highest BCUT2D eigenvalue weighted by molar-refractivity contribution is 7.16. The molecule has 0 aliphatic rings. The second-order valence-corrected chi connectivity index (χ2v) is 4.21. The molecule has 0 fully saturated rings.